The zero-order valence-electron chi connectivity index (χ0n) is 17.0. The lowest BCUT2D eigenvalue weighted by Crippen LogP contribution is -2.20. The molecule has 1 aromatic heterocycles. The first kappa shape index (κ1) is 20.6. The molecule has 0 aliphatic carbocycles. The minimum Gasteiger partial charge on any atom is -0.272 e. The summed E-state index contributed by atoms with van der Waals surface area (Å²) in [4.78, 5) is 12.3. The summed E-state index contributed by atoms with van der Waals surface area (Å²) in [6, 6.07) is 27.6. The van der Waals surface area contributed by atoms with Crippen molar-refractivity contribution in [3.05, 3.63) is 96.1 Å². The van der Waals surface area contributed by atoms with E-state index in [9.17, 15) is 4.79 Å². The van der Waals surface area contributed by atoms with Gasteiger partial charge in [-0.3, -0.25) is 9.36 Å². The Kier molecular flexibility index (Phi) is 6.54. The number of carbonyl (C=O) groups excluding carboxylic acids is 1. The van der Waals surface area contributed by atoms with E-state index in [0.717, 1.165) is 28.2 Å². The molecule has 1 N–H and O–H groups in total. The summed E-state index contributed by atoms with van der Waals surface area (Å²) in [6.45, 7) is 2.00. The minimum absolute atomic E-state index is 0.171. The van der Waals surface area contributed by atoms with Crippen LogP contribution in [0.2, 0.25) is 0 Å². The van der Waals surface area contributed by atoms with Gasteiger partial charge in [0.2, 0.25) is 0 Å². The Balaban J connectivity index is 1.49. The van der Waals surface area contributed by atoms with Gasteiger partial charge in [-0.2, -0.15) is 5.10 Å². The van der Waals surface area contributed by atoms with Gasteiger partial charge in [0.25, 0.3) is 5.91 Å². The number of hydrazone groups is 1. The molecule has 3 aromatic carbocycles. The van der Waals surface area contributed by atoms with Crippen LogP contribution in [0.15, 0.2) is 95.2 Å². The van der Waals surface area contributed by atoms with E-state index in [1.54, 1.807) is 6.21 Å². The molecule has 4 rings (SSSR count). The molecule has 0 fully saturated rings. The van der Waals surface area contributed by atoms with Crippen LogP contribution in [-0.2, 0) is 4.79 Å². The van der Waals surface area contributed by atoms with Crippen molar-refractivity contribution in [2.24, 2.45) is 5.10 Å². The summed E-state index contributed by atoms with van der Waals surface area (Å²) in [5.74, 6) is 0.691. The van der Waals surface area contributed by atoms with Crippen LogP contribution in [-0.4, -0.2) is 32.6 Å². The van der Waals surface area contributed by atoms with Gasteiger partial charge in [-0.25, -0.2) is 5.43 Å². The Morgan fingerprint density at radius 2 is 1.65 bits per heavy atom. The smallest absolute Gasteiger partial charge is 0.250 e. The highest BCUT2D eigenvalue weighted by molar-refractivity contribution is 7.99. The molecule has 1 amide bonds. The molecule has 6 nitrogen and oxygen atoms in total. The van der Waals surface area contributed by atoms with E-state index in [0.29, 0.717) is 5.16 Å². The molecule has 0 spiro atoms. The number of carbonyl (C=O) groups is 1. The number of hydrogen-bond acceptors (Lipinski definition) is 5. The van der Waals surface area contributed by atoms with E-state index in [1.165, 1.54) is 11.8 Å². The molecule has 0 aliphatic heterocycles. The van der Waals surface area contributed by atoms with Crippen molar-refractivity contribution in [1.82, 2.24) is 20.2 Å². The van der Waals surface area contributed by atoms with Crippen molar-refractivity contribution >= 4 is 23.9 Å². The number of nitrogens with one attached hydrogen (secondary N) is 1. The molecule has 0 radical (unpaired) electrons. The molecular weight excluding hydrogens is 406 g/mol. The number of aryl methyl sites for hydroxylation is 1. The summed E-state index contributed by atoms with van der Waals surface area (Å²) in [5.41, 5.74) is 6.53. The lowest BCUT2D eigenvalue weighted by atomic mass is 10.1. The Morgan fingerprint density at radius 3 is 2.39 bits per heavy atom. The van der Waals surface area contributed by atoms with Crippen LogP contribution in [0.25, 0.3) is 17.1 Å². The average molecular weight is 428 g/mol. The third kappa shape index (κ3) is 5.07. The zero-order chi connectivity index (χ0) is 21.5. The monoisotopic (exact) mass is 427 g/mol. The first-order valence-electron chi connectivity index (χ1n) is 9.79. The van der Waals surface area contributed by atoms with Crippen molar-refractivity contribution < 1.29 is 4.79 Å². The highest BCUT2D eigenvalue weighted by atomic mass is 32.2. The average Bonchev–Trinajstić information content (AvgIpc) is 3.24. The molecule has 154 valence electrons. The second kappa shape index (κ2) is 9.86. The van der Waals surface area contributed by atoms with Crippen molar-refractivity contribution in [2.75, 3.05) is 5.75 Å². The fraction of sp³-hybridized carbons (Fsp3) is 0.0833. The van der Waals surface area contributed by atoms with E-state index in [-0.39, 0.29) is 11.7 Å². The van der Waals surface area contributed by atoms with Crippen molar-refractivity contribution in [3.63, 3.8) is 0 Å². The summed E-state index contributed by atoms with van der Waals surface area (Å²) in [5, 5.41) is 13.4. The molecule has 0 saturated heterocycles. The normalized spacial score (nSPS) is 11.0. The third-order valence-electron chi connectivity index (χ3n) is 4.59. The van der Waals surface area contributed by atoms with Crippen LogP contribution >= 0.6 is 11.8 Å². The lowest BCUT2D eigenvalue weighted by molar-refractivity contribution is -0.118. The SMILES string of the molecule is Cc1ccccc1/C=N\NC(=O)CSc1nnc(-c2ccccc2)n1-c1ccccc1. The number of hydrogen-bond donors (Lipinski definition) is 1. The topological polar surface area (TPSA) is 72.2 Å². The summed E-state index contributed by atoms with van der Waals surface area (Å²) < 4.78 is 1.96. The van der Waals surface area contributed by atoms with Crippen molar-refractivity contribution in [1.29, 1.82) is 0 Å². The number of thioether (sulfide) groups is 1. The van der Waals surface area contributed by atoms with Gasteiger partial charge in [0.15, 0.2) is 11.0 Å². The van der Waals surface area contributed by atoms with Gasteiger partial charge in [0.1, 0.15) is 0 Å². The fourth-order valence-corrected chi connectivity index (χ4v) is 3.76. The summed E-state index contributed by atoms with van der Waals surface area (Å²) in [7, 11) is 0. The van der Waals surface area contributed by atoms with Crippen molar-refractivity contribution in [3.8, 4) is 17.1 Å². The fourth-order valence-electron chi connectivity index (χ4n) is 3.02. The lowest BCUT2D eigenvalue weighted by Gasteiger charge is -2.10. The maximum atomic E-state index is 12.3. The predicted octanol–water partition coefficient (Wildman–Crippen LogP) is 4.49. The standard InChI is InChI=1S/C24H21N5OS/c1-18-10-8-9-13-20(18)16-25-26-22(30)17-31-24-28-27-23(19-11-4-2-5-12-19)29(24)21-14-6-3-7-15-21/h2-16H,17H2,1H3,(H,26,30)/b25-16-. The van der Waals surface area contributed by atoms with E-state index in [1.807, 2.05) is 96.4 Å². The second-order valence-electron chi connectivity index (χ2n) is 6.78. The van der Waals surface area contributed by atoms with Gasteiger partial charge in [0.05, 0.1) is 12.0 Å². The minimum atomic E-state index is -0.210. The van der Waals surface area contributed by atoms with E-state index in [2.05, 4.69) is 20.7 Å². The maximum absolute atomic E-state index is 12.3. The Labute approximate surface area is 185 Å². The van der Waals surface area contributed by atoms with E-state index < -0.39 is 0 Å². The molecule has 7 heteroatoms. The number of aromatic nitrogens is 3. The highest BCUT2D eigenvalue weighted by Gasteiger charge is 2.16. The predicted molar refractivity (Wildman–Crippen MR) is 124 cm³/mol. The number of benzene rings is 3. The number of para-hydroxylation sites is 1. The van der Waals surface area contributed by atoms with Crippen LogP contribution in [0.4, 0.5) is 0 Å². The first-order valence-corrected chi connectivity index (χ1v) is 10.8. The van der Waals surface area contributed by atoms with Gasteiger partial charge in [-0.1, -0.05) is 84.6 Å². The van der Waals surface area contributed by atoms with Gasteiger partial charge in [-0.05, 0) is 30.2 Å². The molecule has 0 aliphatic rings. The second-order valence-corrected chi connectivity index (χ2v) is 7.72. The largest absolute Gasteiger partial charge is 0.272 e. The van der Waals surface area contributed by atoms with Crippen LogP contribution in [0.3, 0.4) is 0 Å². The van der Waals surface area contributed by atoms with E-state index in [4.69, 9.17) is 0 Å². The maximum Gasteiger partial charge on any atom is 0.250 e. The molecule has 1 heterocycles. The van der Waals surface area contributed by atoms with Gasteiger partial charge >= 0.3 is 0 Å². The molecule has 0 unspecified atom stereocenters. The number of nitrogens with zero attached hydrogens (tertiary/aromatic N) is 4. The molecule has 31 heavy (non-hydrogen) atoms. The highest BCUT2D eigenvalue weighted by Crippen LogP contribution is 2.27. The van der Waals surface area contributed by atoms with Gasteiger partial charge < -0.3 is 0 Å². The first-order chi connectivity index (χ1) is 15.2. The Hall–Kier alpha value is -3.71. The van der Waals surface area contributed by atoms with Gasteiger partial charge in [0, 0.05) is 11.3 Å². The molecular formula is C24H21N5OS. The quantitative estimate of drug-likeness (QED) is 0.268. The van der Waals surface area contributed by atoms with Crippen LogP contribution in [0, 0.1) is 6.92 Å². The summed E-state index contributed by atoms with van der Waals surface area (Å²) >= 11 is 1.32. The van der Waals surface area contributed by atoms with Crippen molar-refractivity contribution in [2.45, 2.75) is 12.1 Å². The van der Waals surface area contributed by atoms with E-state index >= 15 is 0 Å². The number of amides is 1. The molecule has 0 saturated carbocycles. The summed E-state index contributed by atoms with van der Waals surface area (Å²) in [6.07, 6.45) is 1.65. The molecule has 0 atom stereocenters. The molecule has 0 bridgehead atoms. The van der Waals surface area contributed by atoms with Crippen LogP contribution in [0.1, 0.15) is 11.1 Å². The Bertz CT molecular complexity index is 1190. The Morgan fingerprint density at radius 1 is 0.968 bits per heavy atom. The van der Waals surface area contributed by atoms with Crippen LogP contribution < -0.4 is 5.43 Å². The third-order valence-corrected chi connectivity index (χ3v) is 5.52. The zero-order valence-corrected chi connectivity index (χ0v) is 17.8. The van der Waals surface area contributed by atoms with Gasteiger partial charge in [-0.15, -0.1) is 10.2 Å². The number of rotatable bonds is 7. The molecule has 4 aromatic rings. The van der Waals surface area contributed by atoms with Crippen LogP contribution in [0.5, 0.6) is 0 Å².